The molecular formula is C21H23N3O2S2. The third-order valence-electron chi connectivity index (χ3n) is 4.54. The quantitative estimate of drug-likeness (QED) is 0.504. The summed E-state index contributed by atoms with van der Waals surface area (Å²) in [4.78, 5) is 25.7. The van der Waals surface area contributed by atoms with E-state index in [1.54, 1.807) is 29.5 Å². The Morgan fingerprint density at radius 2 is 1.86 bits per heavy atom. The number of hydrogen-bond donors (Lipinski definition) is 3. The Bertz CT molecular complexity index is 856. The third kappa shape index (κ3) is 6.00. The van der Waals surface area contributed by atoms with Crippen LogP contribution in [0, 0.1) is 0 Å². The minimum atomic E-state index is -0.324. The van der Waals surface area contributed by atoms with Crippen molar-refractivity contribution in [1.82, 2.24) is 10.6 Å². The van der Waals surface area contributed by atoms with E-state index in [4.69, 9.17) is 12.2 Å². The van der Waals surface area contributed by atoms with Crippen molar-refractivity contribution in [2.75, 3.05) is 5.32 Å². The molecule has 0 spiro atoms. The maximum absolute atomic E-state index is 12.7. The maximum Gasteiger partial charge on any atom is 0.253 e. The normalized spacial score (nSPS) is 14.6. The Kier molecular flexibility index (Phi) is 7.33. The average Bonchev–Trinajstić information content (AvgIpc) is 3.21. The summed E-state index contributed by atoms with van der Waals surface area (Å²) in [5, 5.41) is 10.8. The molecule has 2 amide bonds. The number of carbonyl (C=O) groups excluding carboxylic acids is 2. The van der Waals surface area contributed by atoms with E-state index in [0.29, 0.717) is 11.3 Å². The van der Waals surface area contributed by atoms with Gasteiger partial charge >= 0.3 is 0 Å². The second-order valence-electron chi connectivity index (χ2n) is 6.65. The standard InChI is InChI=1S/C21H23N3O2S2/c25-19(13-12-16-9-6-14-28-16)24-21(27)23-18-11-5-4-10-17(18)20(26)22-15-7-2-1-3-8-15/h4-6,9-15H,1-3,7-8H2,(H,22,26)(H2,23,24,25,27)/b13-12-. The summed E-state index contributed by atoms with van der Waals surface area (Å²) in [6.07, 6.45) is 8.74. The van der Waals surface area contributed by atoms with E-state index < -0.39 is 0 Å². The molecular weight excluding hydrogens is 390 g/mol. The van der Waals surface area contributed by atoms with E-state index in [1.165, 1.54) is 12.5 Å². The lowest BCUT2D eigenvalue weighted by Gasteiger charge is -2.23. The van der Waals surface area contributed by atoms with Gasteiger partial charge in [-0.1, -0.05) is 37.5 Å². The molecule has 7 heteroatoms. The van der Waals surface area contributed by atoms with Crippen LogP contribution < -0.4 is 16.0 Å². The number of anilines is 1. The van der Waals surface area contributed by atoms with Crippen molar-refractivity contribution in [3.8, 4) is 0 Å². The maximum atomic E-state index is 12.7. The number of amides is 2. The number of carbonyl (C=O) groups is 2. The minimum absolute atomic E-state index is 0.123. The molecule has 2 aromatic rings. The first-order valence-corrected chi connectivity index (χ1v) is 10.6. The highest BCUT2D eigenvalue weighted by Gasteiger charge is 2.18. The summed E-state index contributed by atoms with van der Waals surface area (Å²) < 4.78 is 0. The van der Waals surface area contributed by atoms with Gasteiger partial charge in [0.2, 0.25) is 5.91 Å². The van der Waals surface area contributed by atoms with E-state index in [2.05, 4.69) is 16.0 Å². The largest absolute Gasteiger partial charge is 0.349 e. The zero-order valence-corrected chi connectivity index (χ0v) is 17.1. The van der Waals surface area contributed by atoms with Crippen LogP contribution in [0.1, 0.15) is 47.3 Å². The van der Waals surface area contributed by atoms with E-state index in [1.807, 2.05) is 29.6 Å². The predicted molar refractivity (Wildman–Crippen MR) is 118 cm³/mol. The van der Waals surface area contributed by atoms with Crippen LogP contribution in [0.4, 0.5) is 5.69 Å². The average molecular weight is 414 g/mol. The second kappa shape index (κ2) is 10.1. The molecule has 1 aromatic carbocycles. The Labute approximate surface area is 174 Å². The van der Waals surface area contributed by atoms with Crippen LogP contribution in [0.25, 0.3) is 6.08 Å². The van der Waals surface area contributed by atoms with Crippen LogP contribution in [-0.4, -0.2) is 23.0 Å². The smallest absolute Gasteiger partial charge is 0.253 e. The highest BCUT2D eigenvalue weighted by molar-refractivity contribution is 7.80. The lowest BCUT2D eigenvalue weighted by atomic mass is 9.95. The van der Waals surface area contributed by atoms with Gasteiger partial charge in [0, 0.05) is 17.0 Å². The first kappa shape index (κ1) is 20.2. The van der Waals surface area contributed by atoms with Gasteiger partial charge in [0.1, 0.15) is 0 Å². The third-order valence-corrected chi connectivity index (χ3v) is 5.58. The van der Waals surface area contributed by atoms with Gasteiger partial charge in [0.05, 0.1) is 11.3 Å². The molecule has 5 nitrogen and oxygen atoms in total. The molecule has 3 N–H and O–H groups in total. The Hall–Kier alpha value is -2.51. The Balaban J connectivity index is 1.58. The van der Waals surface area contributed by atoms with E-state index in [9.17, 15) is 9.59 Å². The molecule has 146 valence electrons. The van der Waals surface area contributed by atoms with Crippen molar-refractivity contribution in [3.05, 3.63) is 58.3 Å². The number of hydrogen-bond acceptors (Lipinski definition) is 4. The number of benzene rings is 1. The Morgan fingerprint density at radius 3 is 2.61 bits per heavy atom. The molecule has 1 saturated carbocycles. The van der Waals surface area contributed by atoms with Crippen molar-refractivity contribution in [3.63, 3.8) is 0 Å². The van der Waals surface area contributed by atoms with Gasteiger partial charge in [-0.2, -0.15) is 0 Å². The fraction of sp³-hybridized carbons (Fsp3) is 0.286. The molecule has 1 aliphatic carbocycles. The molecule has 1 heterocycles. The molecule has 0 unspecified atom stereocenters. The van der Waals surface area contributed by atoms with Crippen LogP contribution in [0.5, 0.6) is 0 Å². The van der Waals surface area contributed by atoms with E-state index in [0.717, 1.165) is 30.6 Å². The zero-order valence-electron chi connectivity index (χ0n) is 15.4. The van der Waals surface area contributed by atoms with Crippen LogP contribution in [0.3, 0.4) is 0 Å². The van der Waals surface area contributed by atoms with Gasteiger partial charge in [0.15, 0.2) is 5.11 Å². The van der Waals surface area contributed by atoms with Gasteiger partial charge in [-0.15, -0.1) is 11.3 Å². The van der Waals surface area contributed by atoms with Crippen molar-refractivity contribution in [1.29, 1.82) is 0 Å². The van der Waals surface area contributed by atoms with Crippen molar-refractivity contribution in [2.45, 2.75) is 38.1 Å². The molecule has 0 bridgehead atoms. The summed E-state index contributed by atoms with van der Waals surface area (Å²) in [7, 11) is 0. The summed E-state index contributed by atoms with van der Waals surface area (Å²) in [6, 6.07) is 11.2. The van der Waals surface area contributed by atoms with Gasteiger partial charge in [0.25, 0.3) is 5.91 Å². The van der Waals surface area contributed by atoms with Crippen LogP contribution in [0.2, 0.25) is 0 Å². The highest BCUT2D eigenvalue weighted by atomic mass is 32.1. The SMILES string of the molecule is O=C(/C=C\c1cccs1)NC(=S)Nc1ccccc1C(=O)NC1CCCCC1. The number of rotatable bonds is 5. The molecule has 0 aliphatic heterocycles. The van der Waals surface area contributed by atoms with Crippen LogP contribution >= 0.6 is 23.6 Å². The van der Waals surface area contributed by atoms with Crippen molar-refractivity contribution in [2.24, 2.45) is 0 Å². The van der Waals surface area contributed by atoms with Crippen molar-refractivity contribution >= 4 is 52.2 Å². The van der Waals surface area contributed by atoms with E-state index >= 15 is 0 Å². The van der Waals surface area contributed by atoms with Gasteiger partial charge in [-0.25, -0.2) is 0 Å². The van der Waals surface area contributed by atoms with Crippen LogP contribution in [-0.2, 0) is 4.79 Å². The fourth-order valence-corrected chi connectivity index (χ4v) is 3.98. The minimum Gasteiger partial charge on any atom is -0.349 e. The molecule has 1 aliphatic rings. The highest BCUT2D eigenvalue weighted by Crippen LogP contribution is 2.20. The summed E-state index contributed by atoms with van der Waals surface area (Å²) in [5.74, 6) is -0.447. The lowest BCUT2D eigenvalue weighted by Crippen LogP contribution is -2.37. The molecule has 1 aromatic heterocycles. The molecule has 0 atom stereocenters. The van der Waals surface area contributed by atoms with Crippen molar-refractivity contribution < 1.29 is 9.59 Å². The lowest BCUT2D eigenvalue weighted by molar-refractivity contribution is -0.115. The molecule has 0 saturated heterocycles. The van der Waals surface area contributed by atoms with Gasteiger partial charge in [-0.05, 0) is 54.7 Å². The number of nitrogens with one attached hydrogen (secondary N) is 3. The zero-order chi connectivity index (χ0) is 19.8. The summed E-state index contributed by atoms with van der Waals surface area (Å²) in [6.45, 7) is 0. The van der Waals surface area contributed by atoms with Gasteiger partial charge in [-0.3, -0.25) is 14.9 Å². The molecule has 1 fully saturated rings. The second-order valence-corrected chi connectivity index (χ2v) is 8.03. The predicted octanol–water partition coefficient (Wildman–Crippen LogP) is 4.34. The topological polar surface area (TPSA) is 70.2 Å². The van der Waals surface area contributed by atoms with Crippen LogP contribution in [0.15, 0.2) is 47.9 Å². The molecule has 28 heavy (non-hydrogen) atoms. The fourth-order valence-electron chi connectivity index (χ4n) is 3.15. The number of thiophene rings is 1. The van der Waals surface area contributed by atoms with Gasteiger partial charge < -0.3 is 10.6 Å². The number of thiocarbonyl (C=S) groups is 1. The summed E-state index contributed by atoms with van der Waals surface area (Å²) >= 11 is 6.77. The number of para-hydroxylation sites is 1. The first-order valence-electron chi connectivity index (χ1n) is 9.35. The molecule has 0 radical (unpaired) electrons. The molecule has 3 rings (SSSR count). The summed E-state index contributed by atoms with van der Waals surface area (Å²) in [5.41, 5.74) is 1.09. The van der Waals surface area contributed by atoms with E-state index in [-0.39, 0.29) is 23.0 Å². The Morgan fingerprint density at radius 1 is 1.07 bits per heavy atom. The first-order chi connectivity index (χ1) is 13.6. The monoisotopic (exact) mass is 413 g/mol.